The first-order valence-electron chi connectivity index (χ1n) is 8.13. The Labute approximate surface area is 139 Å². The van der Waals surface area contributed by atoms with Crippen molar-refractivity contribution in [2.75, 3.05) is 25.0 Å². The molecule has 0 aromatic carbocycles. The van der Waals surface area contributed by atoms with Gasteiger partial charge in [-0.05, 0) is 50.0 Å². The number of aromatic nitrogens is 3. The third kappa shape index (κ3) is 2.72. The fraction of sp³-hybridized carbons (Fsp3) is 0.353. The van der Waals surface area contributed by atoms with Crippen LogP contribution >= 0.6 is 0 Å². The molecule has 1 fully saturated rings. The van der Waals surface area contributed by atoms with Gasteiger partial charge in [0.2, 0.25) is 0 Å². The highest BCUT2D eigenvalue weighted by Gasteiger charge is 2.18. The third-order valence-electron chi connectivity index (χ3n) is 4.32. The van der Waals surface area contributed by atoms with E-state index in [4.69, 9.17) is 4.42 Å². The van der Waals surface area contributed by atoms with Crippen molar-refractivity contribution in [1.29, 1.82) is 5.26 Å². The van der Waals surface area contributed by atoms with Crippen molar-refractivity contribution in [1.82, 2.24) is 19.9 Å². The summed E-state index contributed by atoms with van der Waals surface area (Å²) in [5, 5.41) is 20.7. The van der Waals surface area contributed by atoms with Crippen LogP contribution in [-0.4, -0.2) is 34.2 Å². The van der Waals surface area contributed by atoms with E-state index in [-0.39, 0.29) is 0 Å². The Hall–Kier alpha value is -2.85. The summed E-state index contributed by atoms with van der Waals surface area (Å²) in [6.07, 6.45) is 5.82. The second-order valence-corrected chi connectivity index (χ2v) is 5.99. The van der Waals surface area contributed by atoms with Crippen molar-refractivity contribution in [3.05, 3.63) is 36.2 Å². The Balaban J connectivity index is 1.61. The lowest BCUT2D eigenvalue weighted by atomic mass is 10.00. The SMILES string of the molecule is N#Cc1c(-c2ccco2)nn2ccc(NCC3CCCNC3)nc12. The van der Waals surface area contributed by atoms with Gasteiger partial charge in [-0.2, -0.15) is 10.4 Å². The predicted molar refractivity (Wildman–Crippen MR) is 89.5 cm³/mol. The van der Waals surface area contributed by atoms with Gasteiger partial charge < -0.3 is 15.1 Å². The summed E-state index contributed by atoms with van der Waals surface area (Å²) < 4.78 is 6.99. The Morgan fingerprint density at radius 2 is 2.42 bits per heavy atom. The summed E-state index contributed by atoms with van der Waals surface area (Å²) >= 11 is 0. The first kappa shape index (κ1) is 14.7. The number of nitrogens with one attached hydrogen (secondary N) is 2. The van der Waals surface area contributed by atoms with Crippen molar-refractivity contribution in [2.24, 2.45) is 5.92 Å². The van der Waals surface area contributed by atoms with E-state index < -0.39 is 0 Å². The van der Waals surface area contributed by atoms with Crippen molar-refractivity contribution in [3.63, 3.8) is 0 Å². The highest BCUT2D eigenvalue weighted by molar-refractivity contribution is 5.72. The highest BCUT2D eigenvalue weighted by Crippen LogP contribution is 2.25. The van der Waals surface area contributed by atoms with Crippen LogP contribution in [0.25, 0.3) is 17.1 Å². The number of furan rings is 1. The van der Waals surface area contributed by atoms with Gasteiger partial charge >= 0.3 is 0 Å². The van der Waals surface area contributed by atoms with E-state index in [0.29, 0.717) is 28.6 Å². The molecule has 4 heterocycles. The van der Waals surface area contributed by atoms with Gasteiger partial charge in [-0.15, -0.1) is 0 Å². The molecule has 0 radical (unpaired) electrons. The van der Waals surface area contributed by atoms with Gasteiger partial charge in [0.25, 0.3) is 0 Å². The molecule has 0 saturated carbocycles. The molecule has 4 rings (SSSR count). The molecule has 0 amide bonds. The van der Waals surface area contributed by atoms with Crippen LogP contribution in [0.5, 0.6) is 0 Å². The molecule has 1 aliphatic heterocycles. The largest absolute Gasteiger partial charge is 0.463 e. The number of nitriles is 1. The molecule has 1 atom stereocenters. The lowest BCUT2D eigenvalue weighted by Crippen LogP contribution is -2.33. The molecule has 7 heteroatoms. The average Bonchev–Trinajstić information content (AvgIpc) is 3.27. The molecule has 2 N–H and O–H groups in total. The van der Waals surface area contributed by atoms with Crippen LogP contribution in [0.3, 0.4) is 0 Å². The Morgan fingerprint density at radius 3 is 3.17 bits per heavy atom. The minimum atomic E-state index is 0.424. The van der Waals surface area contributed by atoms with Crippen LogP contribution < -0.4 is 10.6 Å². The summed E-state index contributed by atoms with van der Waals surface area (Å²) in [4.78, 5) is 4.57. The van der Waals surface area contributed by atoms with E-state index in [1.165, 1.54) is 12.8 Å². The maximum absolute atomic E-state index is 9.52. The molecule has 1 unspecified atom stereocenters. The molecule has 122 valence electrons. The zero-order valence-electron chi connectivity index (χ0n) is 13.2. The van der Waals surface area contributed by atoms with Crippen LogP contribution in [-0.2, 0) is 0 Å². The number of hydrogen-bond acceptors (Lipinski definition) is 6. The lowest BCUT2D eigenvalue weighted by molar-refractivity contribution is 0.392. The van der Waals surface area contributed by atoms with E-state index in [2.05, 4.69) is 26.8 Å². The van der Waals surface area contributed by atoms with Crippen LogP contribution in [0.1, 0.15) is 18.4 Å². The van der Waals surface area contributed by atoms with Crippen molar-refractivity contribution in [3.8, 4) is 17.5 Å². The molecule has 0 aliphatic carbocycles. The molecule has 0 bridgehead atoms. The van der Waals surface area contributed by atoms with Crippen LogP contribution in [0, 0.1) is 17.2 Å². The summed E-state index contributed by atoms with van der Waals surface area (Å²) in [7, 11) is 0. The standard InChI is InChI=1S/C17H18N6O/c18-9-13-16(14-4-2-8-24-14)22-23-7-5-15(21-17(13)23)20-11-12-3-1-6-19-10-12/h2,4-5,7-8,12,19H,1,3,6,10-11H2,(H,20,21). The first-order valence-corrected chi connectivity index (χ1v) is 8.13. The molecule has 24 heavy (non-hydrogen) atoms. The Morgan fingerprint density at radius 1 is 1.46 bits per heavy atom. The van der Waals surface area contributed by atoms with Crippen LogP contribution in [0.4, 0.5) is 5.82 Å². The maximum atomic E-state index is 9.52. The van der Waals surface area contributed by atoms with Gasteiger partial charge in [0.05, 0.1) is 6.26 Å². The Bertz CT molecular complexity index is 871. The molecule has 1 aliphatic rings. The van der Waals surface area contributed by atoms with Crippen LogP contribution in [0.2, 0.25) is 0 Å². The zero-order chi connectivity index (χ0) is 16.4. The average molecular weight is 322 g/mol. The van der Waals surface area contributed by atoms with Gasteiger partial charge in [-0.1, -0.05) is 0 Å². The fourth-order valence-electron chi connectivity index (χ4n) is 3.06. The zero-order valence-corrected chi connectivity index (χ0v) is 13.2. The number of nitrogens with zero attached hydrogens (tertiary/aromatic N) is 4. The third-order valence-corrected chi connectivity index (χ3v) is 4.32. The molecule has 3 aromatic heterocycles. The van der Waals surface area contributed by atoms with Gasteiger partial charge in [0.1, 0.15) is 23.1 Å². The van der Waals surface area contributed by atoms with Gasteiger partial charge in [-0.3, -0.25) is 0 Å². The van der Waals surface area contributed by atoms with Crippen molar-refractivity contribution >= 4 is 11.5 Å². The number of anilines is 1. The van der Waals surface area contributed by atoms with Gasteiger partial charge in [-0.25, -0.2) is 9.50 Å². The molecule has 7 nitrogen and oxygen atoms in total. The lowest BCUT2D eigenvalue weighted by Gasteiger charge is -2.23. The van der Waals surface area contributed by atoms with Crippen molar-refractivity contribution in [2.45, 2.75) is 12.8 Å². The van der Waals surface area contributed by atoms with E-state index in [1.807, 2.05) is 12.3 Å². The molecular weight excluding hydrogens is 304 g/mol. The molecule has 0 spiro atoms. The van der Waals surface area contributed by atoms with Gasteiger partial charge in [0.15, 0.2) is 11.4 Å². The highest BCUT2D eigenvalue weighted by atomic mass is 16.3. The molecule has 3 aromatic rings. The topological polar surface area (TPSA) is 91.2 Å². The molecular formula is C17H18N6O. The summed E-state index contributed by atoms with van der Waals surface area (Å²) in [6.45, 7) is 3.02. The van der Waals surface area contributed by atoms with E-state index >= 15 is 0 Å². The second kappa shape index (κ2) is 6.34. The number of piperidine rings is 1. The summed E-state index contributed by atoms with van der Waals surface area (Å²) in [5.41, 5.74) is 1.48. The number of hydrogen-bond donors (Lipinski definition) is 2. The minimum absolute atomic E-state index is 0.424. The summed E-state index contributed by atoms with van der Waals surface area (Å²) in [6, 6.07) is 7.64. The smallest absolute Gasteiger partial charge is 0.175 e. The second-order valence-electron chi connectivity index (χ2n) is 5.99. The number of fused-ring (bicyclic) bond motifs is 1. The predicted octanol–water partition coefficient (Wildman–Crippen LogP) is 2.27. The minimum Gasteiger partial charge on any atom is -0.463 e. The molecule has 1 saturated heterocycles. The first-order chi connectivity index (χ1) is 11.8. The van der Waals surface area contributed by atoms with E-state index in [9.17, 15) is 5.26 Å². The maximum Gasteiger partial charge on any atom is 0.175 e. The van der Waals surface area contributed by atoms with E-state index in [0.717, 1.165) is 25.5 Å². The quantitative estimate of drug-likeness (QED) is 0.765. The number of rotatable bonds is 4. The normalized spacial score (nSPS) is 17.7. The van der Waals surface area contributed by atoms with Crippen molar-refractivity contribution < 1.29 is 4.42 Å². The van der Waals surface area contributed by atoms with E-state index in [1.54, 1.807) is 22.9 Å². The summed E-state index contributed by atoms with van der Waals surface area (Å²) in [5.74, 6) is 1.94. The Kier molecular flexibility index (Phi) is 3.89. The van der Waals surface area contributed by atoms with Gasteiger partial charge in [0, 0.05) is 12.7 Å². The fourth-order valence-corrected chi connectivity index (χ4v) is 3.06. The van der Waals surface area contributed by atoms with Crippen LogP contribution in [0.15, 0.2) is 35.1 Å². The monoisotopic (exact) mass is 322 g/mol.